The van der Waals surface area contributed by atoms with Crippen molar-refractivity contribution in [2.24, 2.45) is 0 Å². The third kappa shape index (κ3) is 10.1. The molecule has 0 amide bonds. The lowest BCUT2D eigenvalue weighted by Gasteiger charge is -2.08. The average Bonchev–Trinajstić information content (AvgIpc) is 2.38. The highest BCUT2D eigenvalue weighted by Gasteiger charge is 2.29. The maximum atomic E-state index is 12.7. The Morgan fingerprint density at radius 3 is 1.09 bits per heavy atom. The second-order valence-electron chi connectivity index (χ2n) is 5.03. The largest absolute Gasteiger partial charge is 0.707 e. The second-order valence-corrected chi connectivity index (χ2v) is 5.03. The van der Waals surface area contributed by atoms with Gasteiger partial charge < -0.3 is 24.5 Å². The Hall–Kier alpha value is -1.43. The van der Waals surface area contributed by atoms with Gasteiger partial charge in [-0.3, -0.25) is 0 Å². The highest BCUT2D eigenvalue weighted by atomic mass is 19.2. The van der Waals surface area contributed by atoms with Crippen LogP contribution < -0.4 is 4.65 Å². The topological polar surface area (TPSA) is 56.2 Å². The summed E-state index contributed by atoms with van der Waals surface area (Å²) in [6.45, 7) is 0. The average molecular weight is 346 g/mol. The van der Waals surface area contributed by atoms with Crippen LogP contribution in [0.3, 0.4) is 0 Å². The van der Waals surface area contributed by atoms with E-state index in [9.17, 15) is 22.0 Å². The summed E-state index contributed by atoms with van der Waals surface area (Å²) < 4.78 is 66.3. The fraction of sp³-hybridized carbons (Fsp3) is 0.500. The van der Waals surface area contributed by atoms with Gasteiger partial charge in [-0.2, -0.15) is 8.78 Å². The van der Waals surface area contributed by atoms with Gasteiger partial charge in [-0.1, -0.05) is 0 Å². The summed E-state index contributed by atoms with van der Waals surface area (Å²) in [4.78, 5) is 4.00. The molecule has 1 aromatic rings. The lowest BCUT2D eigenvalue weighted by Crippen LogP contribution is -2.23. The van der Waals surface area contributed by atoms with Gasteiger partial charge in [0.2, 0.25) is 29.1 Å². The first kappa shape index (κ1) is 23.8. The lowest BCUT2D eigenvalue weighted by molar-refractivity contribution is 0.263. The van der Waals surface area contributed by atoms with E-state index in [4.69, 9.17) is 10.0 Å². The maximum Gasteiger partial charge on any atom is 0.707 e. The number of rotatable bonds is 2. The van der Waals surface area contributed by atoms with Gasteiger partial charge in [-0.25, -0.2) is 13.2 Å². The van der Waals surface area contributed by atoms with Crippen molar-refractivity contribution in [1.82, 2.24) is 9.80 Å². The minimum atomic E-state index is -2.70. The minimum absolute atomic E-state index is 1.75. The first-order chi connectivity index (χ1) is 10.3. The number of nitrogens with zero attached hydrogens (tertiary/aromatic N) is 2. The Bertz CT molecular complexity index is 450. The van der Waals surface area contributed by atoms with Crippen molar-refractivity contribution < 1.29 is 36.7 Å². The van der Waals surface area contributed by atoms with E-state index in [1.54, 1.807) is 0 Å². The Labute approximate surface area is 132 Å². The summed E-state index contributed by atoms with van der Waals surface area (Å²) in [5, 5.41) is 16.3. The van der Waals surface area contributed by atoms with Gasteiger partial charge in [0.15, 0.2) is 5.75 Å². The summed E-state index contributed by atoms with van der Waals surface area (Å²) in [6.07, 6.45) is 0. The second kappa shape index (κ2) is 11.2. The van der Waals surface area contributed by atoms with E-state index in [0.29, 0.717) is 0 Å². The van der Waals surface area contributed by atoms with E-state index in [2.05, 4.69) is 4.65 Å². The van der Waals surface area contributed by atoms with Crippen molar-refractivity contribution in [2.75, 3.05) is 42.3 Å². The molecule has 0 atom stereocenters. The molecule has 0 saturated heterocycles. The van der Waals surface area contributed by atoms with E-state index in [-0.39, 0.29) is 0 Å². The standard InChI is InChI=1S/C6H2BF5O3.2C3H9N/c8-1-2(9)4(11)6(15-7(13)14)5(12)3(1)10;2*1-4(2)3/h13-14H;2*1-3H3. The van der Waals surface area contributed by atoms with E-state index < -0.39 is 42.2 Å². The normalized spacial score (nSPS) is 9.87. The predicted octanol–water partition coefficient (Wildman–Crippen LogP) is 1.09. The Morgan fingerprint density at radius 1 is 0.652 bits per heavy atom. The zero-order valence-corrected chi connectivity index (χ0v) is 13.7. The summed E-state index contributed by atoms with van der Waals surface area (Å²) >= 11 is 0. The molecular weight excluding hydrogens is 326 g/mol. The van der Waals surface area contributed by atoms with Crippen LogP contribution in [0.15, 0.2) is 0 Å². The van der Waals surface area contributed by atoms with Crippen LogP contribution in [0, 0.1) is 29.1 Å². The monoisotopic (exact) mass is 346 g/mol. The number of halogens is 5. The fourth-order valence-electron chi connectivity index (χ4n) is 0.794. The van der Waals surface area contributed by atoms with Crippen LogP contribution >= 0.6 is 0 Å². The molecule has 0 aliphatic rings. The molecule has 0 aliphatic carbocycles. The first-order valence-electron chi connectivity index (χ1n) is 6.08. The Balaban J connectivity index is 0. The Kier molecular flexibility index (Phi) is 11.6. The molecule has 0 fully saturated rings. The van der Waals surface area contributed by atoms with Crippen LogP contribution in [0.4, 0.5) is 22.0 Å². The van der Waals surface area contributed by atoms with Crippen molar-refractivity contribution in [3.8, 4) is 5.75 Å². The third-order valence-electron chi connectivity index (χ3n) is 1.39. The van der Waals surface area contributed by atoms with Crippen molar-refractivity contribution in [3.05, 3.63) is 29.1 Å². The van der Waals surface area contributed by atoms with Gasteiger partial charge in [0.05, 0.1) is 0 Å². The molecule has 0 aromatic heterocycles. The van der Waals surface area contributed by atoms with E-state index in [0.717, 1.165) is 0 Å². The fourth-order valence-corrected chi connectivity index (χ4v) is 0.794. The Morgan fingerprint density at radius 2 is 0.870 bits per heavy atom. The molecule has 2 N–H and O–H groups in total. The van der Waals surface area contributed by atoms with Gasteiger partial charge >= 0.3 is 7.32 Å². The molecule has 5 nitrogen and oxygen atoms in total. The molecule has 1 rings (SSSR count). The van der Waals surface area contributed by atoms with Crippen molar-refractivity contribution in [3.63, 3.8) is 0 Å². The first-order valence-corrected chi connectivity index (χ1v) is 6.08. The smallest absolute Gasteiger partial charge is 0.507 e. The molecule has 0 saturated carbocycles. The van der Waals surface area contributed by atoms with Gasteiger partial charge in [0, 0.05) is 0 Å². The molecular formula is C12H20BF5N2O3. The maximum absolute atomic E-state index is 12.7. The number of hydrogen-bond acceptors (Lipinski definition) is 5. The van der Waals surface area contributed by atoms with Gasteiger partial charge in [-0.05, 0) is 42.3 Å². The van der Waals surface area contributed by atoms with Gasteiger partial charge in [0.25, 0.3) is 0 Å². The molecule has 134 valence electrons. The molecule has 11 heteroatoms. The summed E-state index contributed by atoms with van der Waals surface area (Å²) in [6, 6.07) is 0. The SMILES string of the molecule is CN(C)C.CN(C)C.OB(O)Oc1c(F)c(F)c(F)c(F)c1F. The quantitative estimate of drug-likeness (QED) is 0.363. The van der Waals surface area contributed by atoms with Crippen molar-refractivity contribution in [2.45, 2.75) is 0 Å². The summed E-state index contributed by atoms with van der Waals surface area (Å²) in [7, 11) is 9.30. The molecule has 0 radical (unpaired) electrons. The zero-order valence-electron chi connectivity index (χ0n) is 13.7. The van der Waals surface area contributed by atoms with E-state index in [1.807, 2.05) is 52.1 Å². The van der Waals surface area contributed by atoms with E-state index >= 15 is 0 Å². The lowest BCUT2D eigenvalue weighted by atomic mass is 10.2. The van der Waals surface area contributed by atoms with Gasteiger partial charge in [0.1, 0.15) is 0 Å². The summed E-state index contributed by atoms with van der Waals surface area (Å²) in [5.41, 5.74) is 0. The van der Waals surface area contributed by atoms with Crippen LogP contribution in [0.1, 0.15) is 0 Å². The minimum Gasteiger partial charge on any atom is -0.507 e. The molecule has 0 heterocycles. The summed E-state index contributed by atoms with van der Waals surface area (Å²) in [5.74, 6) is -13.1. The van der Waals surface area contributed by atoms with Gasteiger partial charge in [-0.15, -0.1) is 0 Å². The molecule has 1 aromatic carbocycles. The number of hydrogen-bond donors (Lipinski definition) is 2. The van der Waals surface area contributed by atoms with Crippen molar-refractivity contribution in [1.29, 1.82) is 0 Å². The van der Waals surface area contributed by atoms with Crippen LogP contribution in [-0.2, 0) is 0 Å². The van der Waals surface area contributed by atoms with Crippen LogP contribution in [0.25, 0.3) is 0 Å². The predicted molar refractivity (Wildman–Crippen MR) is 76.3 cm³/mol. The molecule has 0 aliphatic heterocycles. The third-order valence-corrected chi connectivity index (χ3v) is 1.39. The number of benzene rings is 1. The molecule has 23 heavy (non-hydrogen) atoms. The highest BCUT2D eigenvalue weighted by molar-refractivity contribution is 6.33. The van der Waals surface area contributed by atoms with E-state index in [1.165, 1.54) is 0 Å². The van der Waals surface area contributed by atoms with Crippen LogP contribution in [-0.4, -0.2) is 69.5 Å². The molecule has 0 bridgehead atoms. The zero-order chi connectivity index (χ0) is 18.9. The van der Waals surface area contributed by atoms with Crippen LogP contribution in [0.5, 0.6) is 5.75 Å². The highest BCUT2D eigenvalue weighted by Crippen LogP contribution is 2.28. The van der Waals surface area contributed by atoms with Crippen LogP contribution in [0.2, 0.25) is 0 Å². The molecule has 0 unspecified atom stereocenters. The molecule has 0 spiro atoms. The van der Waals surface area contributed by atoms with Crippen molar-refractivity contribution >= 4 is 7.32 Å².